The summed E-state index contributed by atoms with van der Waals surface area (Å²) in [4.78, 5) is 39.1. The van der Waals surface area contributed by atoms with E-state index in [4.69, 9.17) is 9.47 Å². The summed E-state index contributed by atoms with van der Waals surface area (Å²) < 4.78 is 10.8. The molecule has 0 bridgehead atoms. The second-order valence-electron chi connectivity index (χ2n) is 9.17. The van der Waals surface area contributed by atoms with Crippen molar-refractivity contribution in [2.75, 3.05) is 19.1 Å². The molecule has 2 aromatic carbocycles. The molecule has 33 heavy (non-hydrogen) atoms. The van der Waals surface area contributed by atoms with Crippen LogP contribution in [0.2, 0.25) is 0 Å². The van der Waals surface area contributed by atoms with Crippen molar-refractivity contribution in [3.8, 4) is 11.5 Å². The molecule has 0 N–H and O–H groups in total. The van der Waals surface area contributed by atoms with Crippen molar-refractivity contribution in [2.24, 2.45) is 5.41 Å². The minimum Gasteiger partial charge on any atom is -0.493 e. The number of allylic oxidation sites excluding steroid dienone is 2. The molecule has 4 rings (SSSR count). The van der Waals surface area contributed by atoms with Gasteiger partial charge < -0.3 is 14.4 Å². The molecule has 2 aliphatic rings. The molecule has 1 aliphatic carbocycles. The van der Waals surface area contributed by atoms with E-state index in [1.165, 1.54) is 19.2 Å². The predicted octanol–water partition coefficient (Wildman–Crippen LogP) is 4.78. The van der Waals surface area contributed by atoms with Crippen LogP contribution in [0.4, 0.5) is 11.4 Å². The minimum atomic E-state index is -0.459. The molecule has 0 unspecified atom stereocenters. The Bertz CT molecular complexity index is 1180. The van der Waals surface area contributed by atoms with Gasteiger partial charge in [0.1, 0.15) is 0 Å². The number of ketones is 2. The van der Waals surface area contributed by atoms with E-state index in [2.05, 4.69) is 0 Å². The summed E-state index contributed by atoms with van der Waals surface area (Å²) in [7, 11) is 3.08. The Labute approximate surface area is 191 Å². The number of carbonyl (C=O) groups is 2. The summed E-state index contributed by atoms with van der Waals surface area (Å²) in [5.41, 5.74) is 1.79. The number of nitro groups is 1. The molecule has 172 valence electrons. The summed E-state index contributed by atoms with van der Waals surface area (Å²) in [6.45, 7) is 3.98. The van der Waals surface area contributed by atoms with Crippen molar-refractivity contribution in [2.45, 2.75) is 39.2 Å². The third-order valence-corrected chi connectivity index (χ3v) is 6.22. The van der Waals surface area contributed by atoms with Crippen molar-refractivity contribution in [1.82, 2.24) is 0 Å². The second-order valence-corrected chi connectivity index (χ2v) is 9.17. The molecular formula is C25H26N2O6. The predicted molar refractivity (Wildman–Crippen MR) is 123 cm³/mol. The Morgan fingerprint density at radius 3 is 2.39 bits per heavy atom. The number of hydrogen-bond donors (Lipinski definition) is 0. The average molecular weight is 450 g/mol. The van der Waals surface area contributed by atoms with Gasteiger partial charge in [-0.05, 0) is 35.6 Å². The molecule has 0 saturated heterocycles. The van der Waals surface area contributed by atoms with Crippen molar-refractivity contribution in [1.29, 1.82) is 0 Å². The van der Waals surface area contributed by atoms with Crippen LogP contribution in [0.15, 0.2) is 53.7 Å². The quantitative estimate of drug-likeness (QED) is 0.367. The van der Waals surface area contributed by atoms with Crippen LogP contribution in [-0.4, -0.2) is 30.7 Å². The number of nitrogens with zero attached hydrogens (tertiary/aromatic N) is 2. The largest absolute Gasteiger partial charge is 0.493 e. The van der Waals surface area contributed by atoms with Crippen molar-refractivity contribution >= 4 is 22.9 Å². The van der Waals surface area contributed by atoms with E-state index in [1.807, 2.05) is 30.9 Å². The first-order valence-electron chi connectivity index (χ1n) is 10.7. The summed E-state index contributed by atoms with van der Waals surface area (Å²) in [6.07, 6.45) is 0.872. The molecule has 0 spiro atoms. The van der Waals surface area contributed by atoms with Crippen LogP contribution in [0, 0.1) is 15.5 Å². The second kappa shape index (κ2) is 8.35. The molecule has 2 aromatic rings. The Kier molecular flexibility index (Phi) is 5.69. The van der Waals surface area contributed by atoms with Crippen LogP contribution < -0.4 is 14.4 Å². The van der Waals surface area contributed by atoms with Gasteiger partial charge in [0.2, 0.25) is 0 Å². The molecule has 0 fully saturated rings. The lowest BCUT2D eigenvalue weighted by atomic mass is 9.72. The zero-order valence-corrected chi connectivity index (χ0v) is 19.1. The van der Waals surface area contributed by atoms with Crippen molar-refractivity contribution in [3.05, 3.63) is 69.4 Å². The van der Waals surface area contributed by atoms with E-state index in [1.54, 1.807) is 25.3 Å². The minimum absolute atomic E-state index is 0.0565. The number of carbonyl (C=O) groups excluding carboxylic acids is 2. The van der Waals surface area contributed by atoms with Gasteiger partial charge in [0.05, 0.1) is 30.8 Å². The Hall–Kier alpha value is -3.68. The van der Waals surface area contributed by atoms with Crippen LogP contribution in [-0.2, 0) is 9.59 Å². The number of hydrogen-bond acceptors (Lipinski definition) is 7. The van der Waals surface area contributed by atoms with Crippen LogP contribution in [0.25, 0.3) is 0 Å². The number of non-ortho nitro benzene ring substituents is 1. The molecule has 1 heterocycles. The summed E-state index contributed by atoms with van der Waals surface area (Å²) in [5.74, 6) is 0.694. The Morgan fingerprint density at radius 1 is 1.00 bits per heavy atom. The van der Waals surface area contributed by atoms with Gasteiger partial charge in [-0.3, -0.25) is 19.7 Å². The van der Waals surface area contributed by atoms with Gasteiger partial charge in [-0.15, -0.1) is 0 Å². The van der Waals surface area contributed by atoms with Gasteiger partial charge >= 0.3 is 0 Å². The molecule has 1 atom stereocenters. The highest BCUT2D eigenvalue weighted by molar-refractivity contribution is 6.22. The van der Waals surface area contributed by atoms with E-state index in [9.17, 15) is 19.7 Å². The third-order valence-electron chi connectivity index (χ3n) is 6.22. The Balaban J connectivity index is 1.93. The molecule has 8 nitrogen and oxygen atoms in total. The number of benzene rings is 2. The van der Waals surface area contributed by atoms with Gasteiger partial charge in [0, 0.05) is 36.4 Å². The topological polar surface area (TPSA) is 99.0 Å². The molecule has 0 saturated carbocycles. The monoisotopic (exact) mass is 450 g/mol. The fraction of sp³-hybridized carbons (Fsp3) is 0.360. The number of ether oxygens (including phenoxy) is 2. The zero-order chi connectivity index (χ0) is 23.9. The van der Waals surface area contributed by atoms with Crippen LogP contribution in [0.3, 0.4) is 0 Å². The van der Waals surface area contributed by atoms with Crippen LogP contribution >= 0.6 is 0 Å². The maximum Gasteiger partial charge on any atom is 0.271 e. The first kappa shape index (κ1) is 22.5. The summed E-state index contributed by atoms with van der Waals surface area (Å²) in [5, 5.41) is 11.5. The number of nitro benzene ring substituents is 1. The highest BCUT2D eigenvalue weighted by Crippen LogP contribution is 2.48. The fourth-order valence-corrected chi connectivity index (χ4v) is 4.79. The lowest BCUT2D eigenvalue weighted by Crippen LogP contribution is -2.43. The molecule has 0 aromatic heterocycles. The molecule has 0 amide bonds. The molecule has 0 radical (unpaired) electrons. The maximum atomic E-state index is 13.2. The van der Waals surface area contributed by atoms with E-state index in [-0.39, 0.29) is 34.7 Å². The third kappa shape index (κ3) is 4.08. The van der Waals surface area contributed by atoms with Crippen LogP contribution in [0.1, 0.15) is 44.7 Å². The van der Waals surface area contributed by atoms with E-state index in [0.29, 0.717) is 35.7 Å². The van der Waals surface area contributed by atoms with E-state index in [0.717, 1.165) is 5.56 Å². The van der Waals surface area contributed by atoms with Gasteiger partial charge in [-0.2, -0.15) is 0 Å². The lowest BCUT2D eigenvalue weighted by molar-refractivity contribution is -0.384. The maximum absolute atomic E-state index is 13.2. The van der Waals surface area contributed by atoms with Gasteiger partial charge in [-0.1, -0.05) is 26.0 Å². The fourth-order valence-electron chi connectivity index (χ4n) is 4.79. The van der Waals surface area contributed by atoms with Gasteiger partial charge in [0.25, 0.3) is 5.69 Å². The zero-order valence-electron chi connectivity index (χ0n) is 19.1. The normalized spacial score (nSPS) is 19.9. The smallest absolute Gasteiger partial charge is 0.271 e. The average Bonchev–Trinajstić information content (AvgIpc) is 2.77. The Morgan fingerprint density at radius 2 is 1.73 bits per heavy atom. The van der Waals surface area contributed by atoms with Crippen molar-refractivity contribution in [3.63, 3.8) is 0 Å². The van der Waals surface area contributed by atoms with Gasteiger partial charge in [0.15, 0.2) is 23.1 Å². The van der Waals surface area contributed by atoms with Crippen LogP contribution in [0.5, 0.6) is 11.5 Å². The highest BCUT2D eigenvalue weighted by atomic mass is 16.6. The number of Topliss-reactive ketones (excluding diaryl/α,β-unsaturated/α-hetero) is 2. The number of methoxy groups -OCH3 is 2. The molecule has 1 aliphatic heterocycles. The molecular weight excluding hydrogens is 424 g/mol. The summed E-state index contributed by atoms with van der Waals surface area (Å²) in [6, 6.07) is 11.3. The first-order chi connectivity index (χ1) is 15.6. The van der Waals surface area contributed by atoms with Gasteiger partial charge in [-0.25, -0.2) is 0 Å². The van der Waals surface area contributed by atoms with Crippen molar-refractivity contribution < 1.29 is 24.0 Å². The highest BCUT2D eigenvalue weighted by Gasteiger charge is 2.44. The summed E-state index contributed by atoms with van der Waals surface area (Å²) >= 11 is 0. The SMILES string of the molecule is COc1ccc([C@H]2CC(=O)C3=C(CC(C)(C)CC3=O)N2c2cccc([N+](=O)[O-])c2)cc1OC. The lowest BCUT2D eigenvalue weighted by Gasteiger charge is -2.45. The number of anilines is 1. The van der Waals surface area contributed by atoms with E-state index < -0.39 is 11.0 Å². The molecule has 8 heteroatoms. The number of rotatable bonds is 5. The standard InChI is InChI=1S/C25H26N2O6/c1-25(2)13-19-24(21(29)14-25)20(28)12-18(15-8-9-22(32-3)23(10-15)33-4)26(19)16-6-5-7-17(11-16)27(30)31/h5-11,18H,12-14H2,1-4H3/t18-/m1/s1. The van der Waals surface area contributed by atoms with E-state index >= 15 is 0 Å². The first-order valence-corrected chi connectivity index (χ1v) is 10.7.